The molecule has 1 aliphatic heterocycles. The minimum Gasteiger partial charge on any atom is -0.0620 e. The fourth-order valence-corrected chi connectivity index (χ4v) is 7.89. The van der Waals surface area contributed by atoms with E-state index in [-0.39, 0.29) is 0 Å². The zero-order chi connectivity index (χ0) is 13.0. The van der Waals surface area contributed by atoms with Gasteiger partial charge in [-0.25, -0.2) is 0 Å². The molecule has 3 rings (SSSR count). The molecular formula is C18H22P+. The summed E-state index contributed by atoms with van der Waals surface area (Å²) in [7, 11) is -1.14. The van der Waals surface area contributed by atoms with Gasteiger partial charge >= 0.3 is 0 Å². The van der Waals surface area contributed by atoms with Gasteiger partial charge in [0.25, 0.3) is 0 Å². The Morgan fingerprint density at radius 1 is 0.526 bits per heavy atom. The Kier molecular flexibility index (Phi) is 3.99. The van der Waals surface area contributed by atoms with Crippen LogP contribution in [0.1, 0.15) is 25.7 Å². The standard InChI is InChI=1S/C18H22P/c1-2-10-16-19(15-9-1,17-11-5-3-6-12-17)18-13-7-4-8-14-18/h3-8,11-14H,1-2,9-10,15-16H2/q+1. The summed E-state index contributed by atoms with van der Waals surface area (Å²) in [6, 6.07) is 22.6. The molecular weight excluding hydrogens is 247 g/mol. The molecule has 1 heterocycles. The number of benzene rings is 2. The zero-order valence-corrected chi connectivity index (χ0v) is 12.4. The summed E-state index contributed by atoms with van der Waals surface area (Å²) in [5.41, 5.74) is 0. The maximum Gasteiger partial charge on any atom is 0.0991 e. The smallest absolute Gasteiger partial charge is 0.0620 e. The molecule has 1 fully saturated rings. The van der Waals surface area contributed by atoms with Crippen molar-refractivity contribution in [3.8, 4) is 0 Å². The molecule has 0 N–H and O–H groups in total. The van der Waals surface area contributed by atoms with E-state index in [2.05, 4.69) is 60.7 Å². The number of hydrogen-bond donors (Lipinski definition) is 0. The summed E-state index contributed by atoms with van der Waals surface area (Å²) in [4.78, 5) is 0. The fourth-order valence-electron chi connectivity index (χ4n) is 3.32. The van der Waals surface area contributed by atoms with Crippen molar-refractivity contribution >= 4 is 17.9 Å². The third kappa shape index (κ3) is 2.60. The van der Waals surface area contributed by atoms with Gasteiger partial charge in [0, 0.05) is 0 Å². The zero-order valence-electron chi connectivity index (χ0n) is 11.5. The van der Waals surface area contributed by atoms with Gasteiger partial charge in [0.1, 0.15) is 0 Å². The Morgan fingerprint density at radius 2 is 0.947 bits per heavy atom. The van der Waals surface area contributed by atoms with Crippen molar-refractivity contribution in [3.63, 3.8) is 0 Å². The van der Waals surface area contributed by atoms with Gasteiger partial charge in [0.2, 0.25) is 0 Å². The minimum absolute atomic E-state index is 1.14. The van der Waals surface area contributed by atoms with Gasteiger partial charge < -0.3 is 0 Å². The van der Waals surface area contributed by atoms with Crippen LogP contribution in [0.15, 0.2) is 60.7 Å². The minimum atomic E-state index is -1.14. The molecule has 1 heteroatoms. The molecule has 0 radical (unpaired) electrons. The van der Waals surface area contributed by atoms with Gasteiger partial charge in [-0.05, 0) is 49.9 Å². The number of rotatable bonds is 2. The molecule has 0 bridgehead atoms. The highest BCUT2D eigenvalue weighted by atomic mass is 31.2. The third-order valence-electron chi connectivity index (χ3n) is 4.33. The monoisotopic (exact) mass is 269 g/mol. The van der Waals surface area contributed by atoms with Crippen molar-refractivity contribution < 1.29 is 0 Å². The van der Waals surface area contributed by atoms with Crippen LogP contribution in [0, 0.1) is 0 Å². The summed E-state index contributed by atoms with van der Waals surface area (Å²) in [6.45, 7) is 0. The van der Waals surface area contributed by atoms with E-state index in [0.717, 1.165) is 0 Å². The van der Waals surface area contributed by atoms with E-state index in [1.54, 1.807) is 10.6 Å². The Morgan fingerprint density at radius 3 is 1.37 bits per heavy atom. The Labute approximate surface area is 117 Å². The van der Waals surface area contributed by atoms with Crippen molar-refractivity contribution in [2.75, 3.05) is 12.3 Å². The SMILES string of the molecule is c1ccc([P+]2(c3ccccc3)CCCCCC2)cc1. The van der Waals surface area contributed by atoms with E-state index in [9.17, 15) is 0 Å². The average Bonchev–Trinajstić information content (AvgIpc) is 2.76. The second-order valence-electron chi connectivity index (χ2n) is 5.50. The molecule has 0 unspecified atom stereocenters. The van der Waals surface area contributed by atoms with E-state index in [4.69, 9.17) is 0 Å². The fraction of sp³-hybridized carbons (Fsp3) is 0.333. The van der Waals surface area contributed by atoms with Gasteiger partial charge in [-0.15, -0.1) is 0 Å². The second-order valence-corrected chi connectivity index (χ2v) is 9.36. The van der Waals surface area contributed by atoms with Gasteiger partial charge in [-0.2, -0.15) is 0 Å². The van der Waals surface area contributed by atoms with E-state index < -0.39 is 7.26 Å². The highest BCUT2D eigenvalue weighted by Gasteiger charge is 2.42. The first-order valence-electron chi connectivity index (χ1n) is 7.40. The van der Waals surface area contributed by atoms with Crippen LogP contribution in [0.4, 0.5) is 0 Å². The van der Waals surface area contributed by atoms with Gasteiger partial charge in [0.15, 0.2) is 0 Å². The van der Waals surface area contributed by atoms with E-state index in [1.807, 2.05) is 0 Å². The van der Waals surface area contributed by atoms with Gasteiger partial charge in [0.05, 0.1) is 30.2 Å². The lowest BCUT2D eigenvalue weighted by atomic mass is 10.2. The molecule has 0 amide bonds. The molecule has 2 aromatic rings. The summed E-state index contributed by atoms with van der Waals surface area (Å²) >= 11 is 0. The topological polar surface area (TPSA) is 0 Å². The summed E-state index contributed by atoms with van der Waals surface area (Å²) in [5.74, 6) is 0. The van der Waals surface area contributed by atoms with Crippen LogP contribution in [0.3, 0.4) is 0 Å². The maximum absolute atomic E-state index is 2.37. The molecule has 98 valence electrons. The molecule has 19 heavy (non-hydrogen) atoms. The molecule has 0 spiro atoms. The lowest BCUT2D eigenvalue weighted by Gasteiger charge is -2.26. The first-order chi connectivity index (χ1) is 9.42. The Balaban J connectivity index is 2.09. The van der Waals surface area contributed by atoms with Crippen molar-refractivity contribution in [3.05, 3.63) is 60.7 Å². The van der Waals surface area contributed by atoms with E-state index >= 15 is 0 Å². The highest BCUT2D eigenvalue weighted by Crippen LogP contribution is 2.58. The molecule has 0 atom stereocenters. The molecule has 0 aromatic heterocycles. The van der Waals surface area contributed by atoms with E-state index in [0.29, 0.717) is 0 Å². The largest absolute Gasteiger partial charge is 0.0991 e. The lowest BCUT2D eigenvalue weighted by molar-refractivity contribution is 0.726. The normalized spacial score (nSPS) is 18.7. The molecule has 2 aromatic carbocycles. The van der Waals surface area contributed by atoms with Crippen LogP contribution >= 0.6 is 7.26 Å². The van der Waals surface area contributed by atoms with Crippen LogP contribution in [-0.2, 0) is 0 Å². The summed E-state index contributed by atoms with van der Waals surface area (Å²) in [5, 5.41) is 3.23. The molecule has 0 aliphatic carbocycles. The van der Waals surface area contributed by atoms with Crippen LogP contribution < -0.4 is 10.6 Å². The van der Waals surface area contributed by atoms with Crippen LogP contribution in [-0.4, -0.2) is 12.3 Å². The quantitative estimate of drug-likeness (QED) is 0.716. The van der Waals surface area contributed by atoms with Crippen LogP contribution in [0.2, 0.25) is 0 Å². The van der Waals surface area contributed by atoms with Gasteiger partial charge in [-0.1, -0.05) is 36.4 Å². The lowest BCUT2D eigenvalue weighted by Crippen LogP contribution is -2.26. The maximum atomic E-state index is 2.37. The third-order valence-corrected chi connectivity index (χ3v) is 9.06. The molecule has 1 aliphatic rings. The average molecular weight is 269 g/mol. The van der Waals surface area contributed by atoms with Crippen LogP contribution in [0.25, 0.3) is 0 Å². The van der Waals surface area contributed by atoms with Crippen molar-refractivity contribution in [2.45, 2.75) is 25.7 Å². The number of hydrogen-bond acceptors (Lipinski definition) is 0. The van der Waals surface area contributed by atoms with Crippen molar-refractivity contribution in [1.29, 1.82) is 0 Å². The highest BCUT2D eigenvalue weighted by molar-refractivity contribution is 7.89. The van der Waals surface area contributed by atoms with Crippen LogP contribution in [0.5, 0.6) is 0 Å². The summed E-state index contributed by atoms with van der Waals surface area (Å²) in [6.07, 6.45) is 8.44. The van der Waals surface area contributed by atoms with Crippen molar-refractivity contribution in [2.24, 2.45) is 0 Å². The van der Waals surface area contributed by atoms with Crippen molar-refractivity contribution in [1.82, 2.24) is 0 Å². The molecule has 0 saturated carbocycles. The first-order valence-corrected chi connectivity index (χ1v) is 9.56. The summed E-state index contributed by atoms with van der Waals surface area (Å²) < 4.78 is 0. The predicted molar refractivity (Wildman–Crippen MR) is 87.3 cm³/mol. The van der Waals surface area contributed by atoms with E-state index in [1.165, 1.54) is 38.0 Å². The Hall–Kier alpha value is -1.13. The Bertz CT molecular complexity index is 454. The molecule has 0 nitrogen and oxygen atoms in total. The predicted octanol–water partition coefficient (Wildman–Crippen LogP) is 4.23. The second kappa shape index (κ2) is 5.88. The molecule has 1 saturated heterocycles. The van der Waals surface area contributed by atoms with Gasteiger partial charge in [-0.3, -0.25) is 0 Å². The first kappa shape index (κ1) is 12.9.